The van der Waals surface area contributed by atoms with Crippen molar-refractivity contribution < 1.29 is 14.7 Å². The molecule has 1 fully saturated rings. The van der Waals surface area contributed by atoms with E-state index in [1.165, 1.54) is 31.0 Å². The number of carboxylic acids is 1. The predicted molar refractivity (Wildman–Crippen MR) is 69.2 cm³/mol. The third-order valence-electron chi connectivity index (χ3n) is 3.03. The monoisotopic (exact) mass is 259 g/mol. The lowest BCUT2D eigenvalue weighted by molar-refractivity contribution is -0.136. The molecular formula is C12H21NO3S. The number of carbonyl (C=O) groups excluding carboxylic acids is 1. The van der Waals surface area contributed by atoms with Crippen LogP contribution >= 0.6 is 11.8 Å². The molecule has 4 nitrogen and oxygen atoms in total. The first kappa shape index (κ1) is 14.4. The smallest absolute Gasteiger partial charge is 0.316 e. The van der Waals surface area contributed by atoms with Crippen LogP contribution in [-0.4, -0.2) is 34.0 Å². The van der Waals surface area contributed by atoms with Gasteiger partial charge in [0.25, 0.3) is 0 Å². The van der Waals surface area contributed by atoms with Gasteiger partial charge in [-0.15, -0.1) is 11.8 Å². The number of amides is 1. The molecule has 98 valence electrons. The highest BCUT2D eigenvalue weighted by Crippen LogP contribution is 2.18. The molecule has 1 aliphatic carbocycles. The lowest BCUT2D eigenvalue weighted by Gasteiger charge is -2.22. The normalized spacial score (nSPS) is 18.6. The molecule has 5 heteroatoms. The summed E-state index contributed by atoms with van der Waals surface area (Å²) in [5, 5.41) is 11.4. The zero-order valence-corrected chi connectivity index (χ0v) is 11.1. The molecule has 1 rings (SSSR count). The first-order valence-corrected chi connectivity index (χ1v) is 7.32. The summed E-state index contributed by atoms with van der Waals surface area (Å²) in [6, 6.07) is 0.307. The molecule has 0 spiro atoms. The van der Waals surface area contributed by atoms with Crippen molar-refractivity contribution in [3.05, 3.63) is 0 Å². The Balaban J connectivity index is 2.21. The third-order valence-corrected chi connectivity index (χ3v) is 4.40. The van der Waals surface area contributed by atoms with Gasteiger partial charge in [-0.1, -0.05) is 26.2 Å². The van der Waals surface area contributed by atoms with Crippen molar-refractivity contribution in [3.63, 3.8) is 0 Å². The number of hydrogen-bond donors (Lipinski definition) is 2. The van der Waals surface area contributed by atoms with E-state index in [-0.39, 0.29) is 11.7 Å². The van der Waals surface area contributed by atoms with Crippen molar-refractivity contribution in [2.24, 2.45) is 0 Å². The fourth-order valence-corrected chi connectivity index (χ4v) is 2.87. The first-order chi connectivity index (χ1) is 8.13. The van der Waals surface area contributed by atoms with Crippen molar-refractivity contribution >= 4 is 23.6 Å². The van der Waals surface area contributed by atoms with Crippen LogP contribution in [0.1, 0.15) is 45.4 Å². The van der Waals surface area contributed by atoms with Gasteiger partial charge in [0.1, 0.15) is 5.25 Å². The highest BCUT2D eigenvalue weighted by Gasteiger charge is 2.19. The van der Waals surface area contributed by atoms with Gasteiger partial charge in [-0.2, -0.15) is 0 Å². The standard InChI is InChI=1S/C12H21NO3S/c1-2-10(12(15)16)17-8-11(14)13-9-6-4-3-5-7-9/h9-10H,2-8H2,1H3,(H,13,14)(H,15,16). The molecule has 1 amide bonds. The molecule has 1 saturated carbocycles. The van der Waals surface area contributed by atoms with E-state index in [0.717, 1.165) is 12.8 Å². The summed E-state index contributed by atoms with van der Waals surface area (Å²) in [5.74, 6) is -0.606. The van der Waals surface area contributed by atoms with Crippen LogP contribution in [0.3, 0.4) is 0 Å². The summed E-state index contributed by atoms with van der Waals surface area (Å²) < 4.78 is 0. The molecule has 0 bridgehead atoms. The Morgan fingerprint density at radius 2 is 2.00 bits per heavy atom. The summed E-state index contributed by atoms with van der Waals surface area (Å²) in [6.07, 6.45) is 6.31. The lowest BCUT2D eigenvalue weighted by Crippen LogP contribution is -2.37. The highest BCUT2D eigenvalue weighted by molar-refractivity contribution is 8.01. The maximum atomic E-state index is 11.6. The number of aliphatic carboxylic acids is 1. The van der Waals surface area contributed by atoms with Crippen molar-refractivity contribution in [2.75, 3.05) is 5.75 Å². The minimum atomic E-state index is -0.831. The maximum absolute atomic E-state index is 11.6. The number of rotatable bonds is 6. The average molecular weight is 259 g/mol. The van der Waals surface area contributed by atoms with E-state index in [2.05, 4.69) is 5.32 Å². The summed E-state index contributed by atoms with van der Waals surface area (Å²) in [6.45, 7) is 1.82. The minimum Gasteiger partial charge on any atom is -0.480 e. The number of hydrogen-bond acceptors (Lipinski definition) is 3. The van der Waals surface area contributed by atoms with Crippen molar-refractivity contribution in [3.8, 4) is 0 Å². The van der Waals surface area contributed by atoms with Gasteiger partial charge in [-0.25, -0.2) is 0 Å². The SMILES string of the molecule is CCC(SCC(=O)NC1CCCCC1)C(=O)O. The van der Waals surface area contributed by atoms with E-state index < -0.39 is 11.2 Å². The van der Waals surface area contributed by atoms with Gasteiger partial charge in [0, 0.05) is 6.04 Å². The van der Waals surface area contributed by atoms with Crippen LogP contribution in [0.15, 0.2) is 0 Å². The molecule has 1 unspecified atom stereocenters. The quantitative estimate of drug-likeness (QED) is 0.766. The number of nitrogens with one attached hydrogen (secondary N) is 1. The number of carboxylic acid groups (broad SMARTS) is 1. The minimum absolute atomic E-state index is 0.0263. The largest absolute Gasteiger partial charge is 0.480 e. The Morgan fingerprint density at radius 3 is 2.53 bits per heavy atom. The van der Waals surface area contributed by atoms with Crippen LogP contribution in [0.25, 0.3) is 0 Å². The molecule has 1 atom stereocenters. The van der Waals surface area contributed by atoms with E-state index in [1.54, 1.807) is 0 Å². The fraction of sp³-hybridized carbons (Fsp3) is 0.833. The zero-order chi connectivity index (χ0) is 12.7. The van der Waals surface area contributed by atoms with Gasteiger partial charge in [-0.3, -0.25) is 9.59 Å². The maximum Gasteiger partial charge on any atom is 0.316 e. The fourth-order valence-electron chi connectivity index (χ4n) is 2.06. The molecule has 0 aliphatic heterocycles. The number of thioether (sulfide) groups is 1. The van der Waals surface area contributed by atoms with Gasteiger partial charge in [-0.05, 0) is 19.3 Å². The molecule has 0 aromatic rings. The van der Waals surface area contributed by atoms with Gasteiger partial charge < -0.3 is 10.4 Å². The molecule has 17 heavy (non-hydrogen) atoms. The Morgan fingerprint density at radius 1 is 1.35 bits per heavy atom. The summed E-state index contributed by atoms with van der Waals surface area (Å²) >= 11 is 1.21. The Labute approximate surface area is 107 Å². The van der Waals surface area contributed by atoms with Crippen LogP contribution < -0.4 is 5.32 Å². The van der Waals surface area contributed by atoms with E-state index in [9.17, 15) is 9.59 Å². The van der Waals surface area contributed by atoms with Gasteiger partial charge in [0.15, 0.2) is 0 Å². The molecule has 0 radical (unpaired) electrons. The van der Waals surface area contributed by atoms with Gasteiger partial charge >= 0.3 is 5.97 Å². The molecular weight excluding hydrogens is 238 g/mol. The van der Waals surface area contributed by atoms with Crippen LogP contribution in [0.2, 0.25) is 0 Å². The van der Waals surface area contributed by atoms with Gasteiger partial charge in [0.05, 0.1) is 5.75 Å². The lowest BCUT2D eigenvalue weighted by atomic mass is 9.95. The van der Waals surface area contributed by atoms with E-state index in [0.29, 0.717) is 12.5 Å². The second kappa shape index (κ2) is 7.58. The van der Waals surface area contributed by atoms with E-state index in [1.807, 2.05) is 6.92 Å². The summed E-state index contributed by atoms with van der Waals surface area (Å²) in [4.78, 5) is 22.4. The molecule has 0 aromatic heterocycles. The second-order valence-corrected chi connectivity index (χ2v) is 5.64. The number of carbonyl (C=O) groups is 2. The van der Waals surface area contributed by atoms with Crippen LogP contribution in [-0.2, 0) is 9.59 Å². The first-order valence-electron chi connectivity index (χ1n) is 6.27. The van der Waals surface area contributed by atoms with E-state index >= 15 is 0 Å². The Bertz CT molecular complexity index is 264. The third kappa shape index (κ3) is 5.44. The predicted octanol–water partition coefficient (Wildman–Crippen LogP) is 2.03. The van der Waals surface area contributed by atoms with Gasteiger partial charge in [0.2, 0.25) is 5.91 Å². The topological polar surface area (TPSA) is 66.4 Å². The van der Waals surface area contributed by atoms with E-state index in [4.69, 9.17) is 5.11 Å². The molecule has 1 aliphatic rings. The summed E-state index contributed by atoms with van der Waals surface area (Å²) in [5.41, 5.74) is 0. The molecule has 2 N–H and O–H groups in total. The average Bonchev–Trinajstić information content (AvgIpc) is 2.30. The van der Waals surface area contributed by atoms with Crippen molar-refractivity contribution in [2.45, 2.75) is 56.7 Å². The molecule has 0 heterocycles. The summed E-state index contributed by atoms with van der Waals surface area (Å²) in [7, 11) is 0. The Hall–Kier alpha value is -0.710. The Kier molecular flexibility index (Phi) is 6.40. The van der Waals surface area contributed by atoms with Crippen LogP contribution in [0, 0.1) is 0 Å². The molecule has 0 saturated heterocycles. The second-order valence-electron chi connectivity index (χ2n) is 4.45. The highest BCUT2D eigenvalue weighted by atomic mass is 32.2. The van der Waals surface area contributed by atoms with Crippen LogP contribution in [0.4, 0.5) is 0 Å². The molecule has 0 aromatic carbocycles. The van der Waals surface area contributed by atoms with Crippen molar-refractivity contribution in [1.82, 2.24) is 5.32 Å². The van der Waals surface area contributed by atoms with Crippen molar-refractivity contribution in [1.29, 1.82) is 0 Å². The van der Waals surface area contributed by atoms with Crippen LogP contribution in [0.5, 0.6) is 0 Å². The zero-order valence-electron chi connectivity index (χ0n) is 10.3.